The van der Waals surface area contributed by atoms with E-state index in [9.17, 15) is 0 Å². The first-order chi connectivity index (χ1) is 8.31. The predicted octanol–water partition coefficient (Wildman–Crippen LogP) is 4.01. The molecule has 1 aliphatic rings. The number of nitrogen functional groups attached to an aromatic ring is 1. The summed E-state index contributed by atoms with van der Waals surface area (Å²) in [5.41, 5.74) is 8.47. The number of hydrogen-bond donors (Lipinski definition) is 1. The van der Waals surface area contributed by atoms with Crippen LogP contribution in [0.5, 0.6) is 0 Å². The number of thiazole rings is 1. The largest absolute Gasteiger partial charge is 0.375 e. The van der Waals surface area contributed by atoms with Crippen LogP contribution in [0, 0.1) is 0 Å². The molecule has 0 saturated heterocycles. The van der Waals surface area contributed by atoms with Crippen molar-refractivity contribution >= 4 is 28.9 Å². The molecular formula is C14H17ClN2S. The molecule has 1 aromatic heterocycles. The van der Waals surface area contributed by atoms with Crippen LogP contribution in [0.25, 0.3) is 0 Å². The smallest absolute Gasteiger partial charge is 0.180 e. The Balaban J connectivity index is 0.00000120. The second-order valence-corrected chi connectivity index (χ2v) is 5.62. The molecule has 2 aromatic rings. The van der Waals surface area contributed by atoms with Gasteiger partial charge in [0.25, 0.3) is 0 Å². The molecule has 1 heterocycles. The molecule has 0 bridgehead atoms. The Bertz CT molecular complexity index is 504. The van der Waals surface area contributed by atoms with Crippen molar-refractivity contribution in [2.24, 2.45) is 0 Å². The van der Waals surface area contributed by atoms with Crippen molar-refractivity contribution in [3.05, 3.63) is 47.0 Å². The van der Waals surface area contributed by atoms with Gasteiger partial charge in [0.15, 0.2) is 5.13 Å². The zero-order valence-electron chi connectivity index (χ0n) is 10.1. The van der Waals surface area contributed by atoms with Crippen molar-refractivity contribution < 1.29 is 0 Å². The lowest BCUT2D eigenvalue weighted by Gasteiger charge is -2.27. The average molecular weight is 281 g/mol. The van der Waals surface area contributed by atoms with Crippen molar-refractivity contribution in [3.8, 4) is 0 Å². The van der Waals surface area contributed by atoms with Gasteiger partial charge in [-0.1, -0.05) is 43.2 Å². The van der Waals surface area contributed by atoms with Crippen molar-refractivity contribution in [3.63, 3.8) is 0 Å². The molecule has 0 amide bonds. The molecule has 1 aromatic carbocycles. The standard InChI is InChI=1S/C14H16N2S.ClH/c15-13-16-12(10-17-13)14(8-4-5-9-14)11-6-2-1-3-7-11;/h1-3,6-7,10H,4-5,8-9H2,(H2,15,16);1H. The van der Waals surface area contributed by atoms with Gasteiger partial charge in [0.2, 0.25) is 0 Å². The number of nitrogens with two attached hydrogens (primary N) is 1. The lowest BCUT2D eigenvalue weighted by Crippen LogP contribution is -2.24. The van der Waals surface area contributed by atoms with Gasteiger partial charge in [-0.15, -0.1) is 23.7 Å². The van der Waals surface area contributed by atoms with Crippen molar-refractivity contribution in [1.82, 2.24) is 4.98 Å². The minimum Gasteiger partial charge on any atom is -0.375 e. The first-order valence-corrected chi connectivity index (χ1v) is 6.96. The van der Waals surface area contributed by atoms with Crippen molar-refractivity contribution in [2.45, 2.75) is 31.1 Å². The summed E-state index contributed by atoms with van der Waals surface area (Å²) >= 11 is 1.55. The molecule has 3 rings (SSSR count). The van der Waals surface area contributed by atoms with Gasteiger partial charge in [-0.2, -0.15) is 0 Å². The van der Waals surface area contributed by atoms with E-state index in [1.165, 1.54) is 36.9 Å². The number of benzene rings is 1. The maximum atomic E-state index is 5.79. The molecule has 0 atom stereocenters. The minimum atomic E-state index is 0. The van der Waals surface area contributed by atoms with Gasteiger partial charge in [-0.05, 0) is 18.4 Å². The van der Waals surface area contributed by atoms with Crippen LogP contribution in [-0.4, -0.2) is 4.98 Å². The Morgan fingerprint density at radius 1 is 1.11 bits per heavy atom. The minimum absolute atomic E-state index is 0. The van der Waals surface area contributed by atoms with Crippen LogP contribution >= 0.6 is 23.7 Å². The quantitative estimate of drug-likeness (QED) is 0.903. The van der Waals surface area contributed by atoms with E-state index in [0.717, 1.165) is 0 Å². The van der Waals surface area contributed by atoms with Crippen LogP contribution in [0.15, 0.2) is 35.7 Å². The van der Waals surface area contributed by atoms with E-state index in [-0.39, 0.29) is 17.8 Å². The Kier molecular flexibility index (Phi) is 3.93. The topological polar surface area (TPSA) is 38.9 Å². The Labute approximate surface area is 118 Å². The molecule has 96 valence electrons. The Hall–Kier alpha value is -1.06. The second-order valence-electron chi connectivity index (χ2n) is 4.73. The summed E-state index contributed by atoms with van der Waals surface area (Å²) < 4.78 is 0. The summed E-state index contributed by atoms with van der Waals surface area (Å²) in [6, 6.07) is 10.7. The van der Waals surface area contributed by atoms with Crippen LogP contribution in [0.1, 0.15) is 36.9 Å². The molecule has 18 heavy (non-hydrogen) atoms. The lowest BCUT2D eigenvalue weighted by atomic mass is 9.76. The van der Waals surface area contributed by atoms with Crippen LogP contribution in [0.4, 0.5) is 5.13 Å². The molecule has 0 spiro atoms. The fourth-order valence-electron chi connectivity index (χ4n) is 2.94. The van der Waals surface area contributed by atoms with Crippen LogP contribution in [-0.2, 0) is 5.41 Å². The van der Waals surface area contributed by atoms with Gasteiger partial charge in [0.1, 0.15) is 0 Å². The second kappa shape index (κ2) is 5.29. The molecule has 1 saturated carbocycles. The van der Waals surface area contributed by atoms with Crippen molar-refractivity contribution in [1.29, 1.82) is 0 Å². The maximum Gasteiger partial charge on any atom is 0.180 e. The molecule has 0 unspecified atom stereocenters. The summed E-state index contributed by atoms with van der Waals surface area (Å²) in [6.45, 7) is 0. The molecule has 0 aliphatic heterocycles. The van der Waals surface area contributed by atoms with E-state index in [4.69, 9.17) is 5.73 Å². The highest BCUT2D eigenvalue weighted by Crippen LogP contribution is 2.46. The number of halogens is 1. The lowest BCUT2D eigenvalue weighted by molar-refractivity contribution is 0.522. The molecule has 2 nitrogen and oxygen atoms in total. The monoisotopic (exact) mass is 280 g/mol. The normalized spacial score (nSPS) is 17.3. The molecule has 1 aliphatic carbocycles. The number of hydrogen-bond acceptors (Lipinski definition) is 3. The van der Waals surface area contributed by atoms with E-state index in [2.05, 4.69) is 40.7 Å². The van der Waals surface area contributed by atoms with E-state index < -0.39 is 0 Å². The first kappa shape index (κ1) is 13.4. The van der Waals surface area contributed by atoms with Crippen LogP contribution in [0.3, 0.4) is 0 Å². The zero-order valence-corrected chi connectivity index (χ0v) is 11.8. The van der Waals surface area contributed by atoms with Gasteiger partial charge in [0.05, 0.1) is 5.69 Å². The van der Waals surface area contributed by atoms with Crippen LogP contribution in [0.2, 0.25) is 0 Å². The third-order valence-corrected chi connectivity index (χ3v) is 4.47. The Morgan fingerprint density at radius 2 is 1.78 bits per heavy atom. The SMILES string of the molecule is Cl.Nc1nc(C2(c3ccccc3)CCCC2)cs1. The Morgan fingerprint density at radius 3 is 2.33 bits per heavy atom. The molecular weight excluding hydrogens is 264 g/mol. The van der Waals surface area contributed by atoms with Gasteiger partial charge in [-0.3, -0.25) is 0 Å². The molecule has 4 heteroatoms. The van der Waals surface area contributed by atoms with E-state index in [1.807, 2.05) is 0 Å². The van der Waals surface area contributed by atoms with Gasteiger partial charge in [-0.25, -0.2) is 4.98 Å². The fraction of sp³-hybridized carbons (Fsp3) is 0.357. The highest BCUT2D eigenvalue weighted by atomic mass is 35.5. The fourth-order valence-corrected chi connectivity index (χ4v) is 3.60. The molecule has 0 radical (unpaired) electrons. The summed E-state index contributed by atoms with van der Waals surface area (Å²) in [6.07, 6.45) is 4.96. The number of nitrogens with zero attached hydrogens (tertiary/aromatic N) is 1. The summed E-state index contributed by atoms with van der Waals surface area (Å²) in [7, 11) is 0. The van der Waals surface area contributed by atoms with E-state index in [0.29, 0.717) is 5.13 Å². The highest BCUT2D eigenvalue weighted by molar-refractivity contribution is 7.13. The number of aromatic nitrogens is 1. The first-order valence-electron chi connectivity index (χ1n) is 6.08. The number of anilines is 1. The average Bonchev–Trinajstić information content (AvgIpc) is 2.99. The van der Waals surface area contributed by atoms with Crippen LogP contribution < -0.4 is 5.73 Å². The van der Waals surface area contributed by atoms with Gasteiger partial charge < -0.3 is 5.73 Å². The van der Waals surface area contributed by atoms with Gasteiger partial charge >= 0.3 is 0 Å². The van der Waals surface area contributed by atoms with E-state index >= 15 is 0 Å². The summed E-state index contributed by atoms with van der Waals surface area (Å²) in [5.74, 6) is 0. The summed E-state index contributed by atoms with van der Waals surface area (Å²) in [4.78, 5) is 4.54. The molecule has 1 fully saturated rings. The van der Waals surface area contributed by atoms with Gasteiger partial charge in [0, 0.05) is 10.8 Å². The highest BCUT2D eigenvalue weighted by Gasteiger charge is 2.39. The van der Waals surface area contributed by atoms with Crippen molar-refractivity contribution in [2.75, 3.05) is 5.73 Å². The van der Waals surface area contributed by atoms with E-state index in [1.54, 1.807) is 11.3 Å². The predicted molar refractivity (Wildman–Crippen MR) is 79.5 cm³/mol. The third-order valence-electron chi connectivity index (χ3n) is 3.80. The molecule has 2 N–H and O–H groups in total. The zero-order chi connectivity index (χ0) is 11.7. The third kappa shape index (κ3) is 2.13. The number of rotatable bonds is 2. The maximum absolute atomic E-state index is 5.79. The summed E-state index contributed by atoms with van der Waals surface area (Å²) in [5, 5.41) is 2.82.